The highest BCUT2D eigenvalue weighted by Crippen LogP contribution is 2.34. The third-order valence-corrected chi connectivity index (χ3v) is 5.27. The van der Waals surface area contributed by atoms with Crippen molar-refractivity contribution in [3.05, 3.63) is 70.4 Å². The molecule has 1 aromatic heterocycles. The largest absolute Gasteiger partial charge is 0.497 e. The molecule has 3 rings (SSSR count). The number of carbonyl (C=O) groups excluding carboxylic acids is 2. The fraction of sp³-hybridized carbons (Fsp3) is 0.182. The fourth-order valence-electron chi connectivity index (χ4n) is 2.77. The highest BCUT2D eigenvalue weighted by Gasteiger charge is 2.22. The number of esters is 2. The van der Waals surface area contributed by atoms with Crippen molar-refractivity contribution in [2.75, 3.05) is 13.7 Å². The first-order valence-corrected chi connectivity index (χ1v) is 9.71. The van der Waals surface area contributed by atoms with Crippen LogP contribution in [-0.4, -0.2) is 25.7 Å². The number of hydrogen-bond acceptors (Lipinski definition) is 6. The Morgan fingerprint density at radius 2 is 1.93 bits per heavy atom. The Hall–Kier alpha value is -3.19. The zero-order chi connectivity index (χ0) is 20.8. The highest BCUT2D eigenvalue weighted by molar-refractivity contribution is 7.21. The second-order valence-electron chi connectivity index (χ2n) is 5.96. The molecular formula is C22H19FO5S. The van der Waals surface area contributed by atoms with Crippen LogP contribution in [0.2, 0.25) is 0 Å². The predicted molar refractivity (Wildman–Crippen MR) is 110 cm³/mol. The Balaban J connectivity index is 1.80. The minimum absolute atomic E-state index is 0.193. The Bertz CT molecular complexity index is 1070. The Labute approximate surface area is 171 Å². The van der Waals surface area contributed by atoms with Crippen LogP contribution in [-0.2, 0) is 20.9 Å². The maximum Gasteiger partial charge on any atom is 0.348 e. The van der Waals surface area contributed by atoms with Gasteiger partial charge in [-0.2, -0.15) is 0 Å². The molecule has 0 aliphatic heterocycles. The first-order valence-electron chi connectivity index (χ1n) is 8.89. The van der Waals surface area contributed by atoms with Gasteiger partial charge in [0.15, 0.2) is 0 Å². The van der Waals surface area contributed by atoms with Crippen molar-refractivity contribution in [1.82, 2.24) is 0 Å². The minimum atomic E-state index is -0.613. The van der Waals surface area contributed by atoms with E-state index >= 15 is 0 Å². The molecule has 1 heterocycles. The number of halogens is 1. The summed E-state index contributed by atoms with van der Waals surface area (Å²) in [5, 5.41) is 0.269. The van der Waals surface area contributed by atoms with E-state index in [1.807, 2.05) is 6.07 Å². The predicted octanol–water partition coefficient (Wildman–Crippen LogP) is 4.98. The standard InChI is InChI=1S/C22H19FO5S/c1-3-27-22(25)21-16(20-17(23)8-5-9-18(20)29-21)13-28-19(24)11-10-14-6-4-7-15(12-14)26-2/h4-12H,3,13H2,1-2H3/b11-10+. The van der Waals surface area contributed by atoms with Crippen LogP contribution < -0.4 is 4.74 Å². The molecule has 0 aliphatic carbocycles. The quantitative estimate of drug-likeness (QED) is 0.403. The number of benzene rings is 2. The van der Waals surface area contributed by atoms with Crippen molar-refractivity contribution in [3.63, 3.8) is 0 Å². The molecule has 7 heteroatoms. The Morgan fingerprint density at radius 1 is 1.14 bits per heavy atom. The van der Waals surface area contributed by atoms with Crippen LogP contribution in [0.3, 0.4) is 0 Å². The number of hydrogen-bond donors (Lipinski definition) is 0. The normalized spacial score (nSPS) is 11.0. The van der Waals surface area contributed by atoms with Crippen molar-refractivity contribution < 1.29 is 28.2 Å². The van der Waals surface area contributed by atoms with Crippen molar-refractivity contribution in [3.8, 4) is 5.75 Å². The molecule has 0 saturated carbocycles. The van der Waals surface area contributed by atoms with Crippen LogP contribution in [0.4, 0.5) is 4.39 Å². The molecule has 0 unspecified atom stereocenters. The van der Waals surface area contributed by atoms with Crippen LogP contribution >= 0.6 is 11.3 Å². The van der Waals surface area contributed by atoms with E-state index in [0.717, 1.165) is 16.9 Å². The van der Waals surface area contributed by atoms with Crippen LogP contribution in [0.25, 0.3) is 16.2 Å². The third kappa shape index (κ3) is 4.81. The maximum atomic E-state index is 14.4. The van der Waals surface area contributed by atoms with E-state index in [9.17, 15) is 14.0 Å². The molecule has 29 heavy (non-hydrogen) atoms. The number of ether oxygens (including phenoxy) is 3. The van der Waals surface area contributed by atoms with Gasteiger partial charge in [0, 0.05) is 21.7 Å². The second kappa shape index (κ2) is 9.34. The first-order chi connectivity index (χ1) is 14.0. The van der Waals surface area contributed by atoms with Crippen LogP contribution in [0, 0.1) is 5.82 Å². The van der Waals surface area contributed by atoms with Gasteiger partial charge in [-0.1, -0.05) is 18.2 Å². The zero-order valence-electron chi connectivity index (χ0n) is 15.9. The number of carbonyl (C=O) groups is 2. The molecule has 2 aromatic carbocycles. The molecule has 3 aromatic rings. The van der Waals surface area contributed by atoms with Gasteiger partial charge in [-0.3, -0.25) is 0 Å². The van der Waals surface area contributed by atoms with Gasteiger partial charge in [0.25, 0.3) is 0 Å². The lowest BCUT2D eigenvalue weighted by Crippen LogP contribution is -2.08. The summed E-state index contributed by atoms with van der Waals surface area (Å²) < 4.78 is 30.4. The summed E-state index contributed by atoms with van der Waals surface area (Å²) in [5.41, 5.74) is 1.07. The summed E-state index contributed by atoms with van der Waals surface area (Å²) in [6.45, 7) is 1.64. The second-order valence-corrected chi connectivity index (χ2v) is 7.01. The van der Waals surface area contributed by atoms with E-state index in [-0.39, 0.29) is 23.5 Å². The third-order valence-electron chi connectivity index (χ3n) is 4.09. The summed E-state index contributed by atoms with van der Waals surface area (Å²) >= 11 is 1.11. The molecule has 0 fully saturated rings. The summed E-state index contributed by atoms with van der Waals surface area (Å²) in [5.74, 6) is -0.989. The van der Waals surface area contributed by atoms with Gasteiger partial charge in [0.2, 0.25) is 0 Å². The molecule has 0 atom stereocenters. The van der Waals surface area contributed by atoms with Crippen LogP contribution in [0.15, 0.2) is 48.5 Å². The van der Waals surface area contributed by atoms with Gasteiger partial charge in [0.05, 0.1) is 13.7 Å². The average molecular weight is 414 g/mol. The molecule has 0 spiro atoms. The number of rotatable bonds is 7. The van der Waals surface area contributed by atoms with Gasteiger partial charge in [0.1, 0.15) is 23.1 Å². The molecule has 5 nitrogen and oxygen atoms in total. The molecule has 150 valence electrons. The highest BCUT2D eigenvalue weighted by atomic mass is 32.1. The monoisotopic (exact) mass is 414 g/mol. The van der Waals surface area contributed by atoms with E-state index in [2.05, 4.69) is 0 Å². The van der Waals surface area contributed by atoms with E-state index < -0.39 is 17.8 Å². The van der Waals surface area contributed by atoms with Gasteiger partial charge in [-0.15, -0.1) is 11.3 Å². The Morgan fingerprint density at radius 3 is 2.69 bits per heavy atom. The lowest BCUT2D eigenvalue weighted by molar-refractivity contribution is -0.138. The van der Waals surface area contributed by atoms with E-state index in [0.29, 0.717) is 16.0 Å². The van der Waals surface area contributed by atoms with E-state index in [1.54, 1.807) is 50.4 Å². The molecule has 0 bridgehead atoms. The van der Waals surface area contributed by atoms with E-state index in [4.69, 9.17) is 14.2 Å². The average Bonchev–Trinajstić information content (AvgIpc) is 3.11. The van der Waals surface area contributed by atoms with Gasteiger partial charge < -0.3 is 14.2 Å². The molecule has 0 saturated heterocycles. The van der Waals surface area contributed by atoms with Crippen molar-refractivity contribution in [2.24, 2.45) is 0 Å². The Kier molecular flexibility index (Phi) is 6.61. The minimum Gasteiger partial charge on any atom is -0.497 e. The number of methoxy groups -OCH3 is 1. The van der Waals surface area contributed by atoms with E-state index in [1.165, 1.54) is 12.1 Å². The summed E-state index contributed by atoms with van der Waals surface area (Å²) in [4.78, 5) is 24.6. The zero-order valence-corrected chi connectivity index (χ0v) is 16.8. The van der Waals surface area contributed by atoms with Gasteiger partial charge in [-0.25, -0.2) is 14.0 Å². The first kappa shape index (κ1) is 20.5. The number of fused-ring (bicyclic) bond motifs is 1. The van der Waals surface area contributed by atoms with Crippen molar-refractivity contribution in [1.29, 1.82) is 0 Å². The SMILES string of the molecule is CCOC(=O)c1sc2cccc(F)c2c1COC(=O)/C=C/c1cccc(OC)c1. The van der Waals surface area contributed by atoms with Crippen LogP contribution in [0.5, 0.6) is 5.75 Å². The lowest BCUT2D eigenvalue weighted by Gasteiger charge is -2.06. The summed E-state index contributed by atoms with van der Waals surface area (Å²) in [6.07, 6.45) is 2.85. The maximum absolute atomic E-state index is 14.4. The van der Waals surface area contributed by atoms with Crippen molar-refractivity contribution in [2.45, 2.75) is 13.5 Å². The van der Waals surface area contributed by atoms with Crippen molar-refractivity contribution >= 4 is 39.4 Å². The molecule has 0 aliphatic rings. The molecule has 0 N–H and O–H groups in total. The lowest BCUT2D eigenvalue weighted by atomic mass is 10.1. The summed E-state index contributed by atoms with van der Waals surface area (Å²) in [6, 6.07) is 11.8. The summed E-state index contributed by atoms with van der Waals surface area (Å²) in [7, 11) is 1.56. The van der Waals surface area contributed by atoms with Crippen LogP contribution in [0.1, 0.15) is 27.7 Å². The topological polar surface area (TPSA) is 61.8 Å². The molecule has 0 radical (unpaired) electrons. The number of thiophene rings is 1. The van der Waals surface area contributed by atoms with Gasteiger partial charge in [-0.05, 0) is 42.8 Å². The van der Waals surface area contributed by atoms with Gasteiger partial charge >= 0.3 is 11.9 Å². The smallest absolute Gasteiger partial charge is 0.348 e. The molecular weight excluding hydrogens is 395 g/mol. The fourth-order valence-corrected chi connectivity index (χ4v) is 3.88. The molecule has 0 amide bonds.